The van der Waals surface area contributed by atoms with Gasteiger partial charge in [-0.2, -0.15) is 0 Å². The van der Waals surface area contributed by atoms with E-state index in [-0.39, 0.29) is 5.91 Å². The van der Waals surface area contributed by atoms with Gasteiger partial charge in [0, 0.05) is 17.4 Å². The average molecular weight is 366 g/mol. The molecule has 0 saturated heterocycles. The van der Waals surface area contributed by atoms with E-state index in [1.807, 2.05) is 29.6 Å². The molecule has 0 saturated carbocycles. The monoisotopic (exact) mass is 366 g/mol. The molecule has 0 unspecified atom stereocenters. The van der Waals surface area contributed by atoms with Gasteiger partial charge in [0.2, 0.25) is 5.91 Å². The van der Waals surface area contributed by atoms with Crippen molar-refractivity contribution in [2.45, 2.75) is 26.7 Å². The Balaban J connectivity index is 1.58. The molecule has 5 heteroatoms. The van der Waals surface area contributed by atoms with Crippen LogP contribution in [-0.4, -0.2) is 18.0 Å². The normalized spacial score (nSPS) is 10.6. The molecular formula is C21H22N2O2S. The number of benzene rings is 2. The number of hydrogen-bond donors (Lipinski definition) is 1. The first kappa shape index (κ1) is 18.1. The molecule has 3 aromatic rings. The van der Waals surface area contributed by atoms with Gasteiger partial charge < -0.3 is 10.1 Å². The van der Waals surface area contributed by atoms with Crippen LogP contribution in [0.3, 0.4) is 0 Å². The summed E-state index contributed by atoms with van der Waals surface area (Å²) >= 11 is 1.45. The second kappa shape index (κ2) is 8.15. The van der Waals surface area contributed by atoms with Gasteiger partial charge in [-0.1, -0.05) is 35.9 Å². The summed E-state index contributed by atoms with van der Waals surface area (Å²) in [7, 11) is 1.64. The lowest BCUT2D eigenvalue weighted by Crippen LogP contribution is -2.12. The quantitative estimate of drug-likeness (QED) is 0.667. The topological polar surface area (TPSA) is 51.2 Å². The fraction of sp³-hybridized carbons (Fsp3) is 0.238. The van der Waals surface area contributed by atoms with Crippen LogP contribution >= 0.6 is 11.3 Å². The van der Waals surface area contributed by atoms with Gasteiger partial charge in [-0.3, -0.25) is 4.79 Å². The van der Waals surface area contributed by atoms with Gasteiger partial charge in [0.15, 0.2) is 5.13 Å². The molecule has 1 aromatic heterocycles. The van der Waals surface area contributed by atoms with Crippen molar-refractivity contribution >= 4 is 22.4 Å². The maximum atomic E-state index is 12.2. The summed E-state index contributed by atoms with van der Waals surface area (Å²) in [5.74, 6) is 0.794. The third-order valence-corrected chi connectivity index (χ3v) is 4.97. The number of ether oxygens (including phenoxy) is 1. The van der Waals surface area contributed by atoms with Gasteiger partial charge in [-0.05, 0) is 43.5 Å². The van der Waals surface area contributed by atoms with E-state index >= 15 is 0 Å². The summed E-state index contributed by atoms with van der Waals surface area (Å²) in [6, 6.07) is 14.1. The molecule has 0 aliphatic carbocycles. The van der Waals surface area contributed by atoms with E-state index in [0.29, 0.717) is 18.0 Å². The predicted molar refractivity (Wildman–Crippen MR) is 107 cm³/mol. The molecule has 0 aliphatic rings. The number of nitrogens with one attached hydrogen (secondary N) is 1. The summed E-state index contributed by atoms with van der Waals surface area (Å²) in [6.45, 7) is 4.15. The van der Waals surface area contributed by atoms with Crippen LogP contribution in [0.4, 0.5) is 5.13 Å². The Hall–Kier alpha value is -2.66. The molecule has 3 rings (SSSR count). The number of methoxy groups -OCH3 is 1. The first-order valence-electron chi connectivity index (χ1n) is 8.51. The van der Waals surface area contributed by atoms with Gasteiger partial charge in [0.05, 0.1) is 12.8 Å². The number of anilines is 1. The van der Waals surface area contributed by atoms with E-state index in [0.717, 1.165) is 22.6 Å². The zero-order chi connectivity index (χ0) is 18.5. The molecule has 4 nitrogen and oxygen atoms in total. The summed E-state index contributed by atoms with van der Waals surface area (Å²) in [5.41, 5.74) is 5.53. The van der Waals surface area contributed by atoms with Gasteiger partial charge in [0.1, 0.15) is 5.75 Å². The van der Waals surface area contributed by atoms with Crippen LogP contribution in [0.2, 0.25) is 0 Å². The minimum absolute atomic E-state index is 0.0256. The number of carbonyl (C=O) groups excluding carboxylic acids is 1. The van der Waals surface area contributed by atoms with E-state index in [9.17, 15) is 4.79 Å². The summed E-state index contributed by atoms with van der Waals surface area (Å²) in [4.78, 5) is 16.8. The number of aryl methyl sites for hydroxylation is 3. The highest BCUT2D eigenvalue weighted by atomic mass is 32.1. The Morgan fingerprint density at radius 2 is 1.92 bits per heavy atom. The van der Waals surface area contributed by atoms with Gasteiger partial charge >= 0.3 is 0 Å². The highest BCUT2D eigenvalue weighted by Gasteiger charge is 2.10. The lowest BCUT2D eigenvalue weighted by Gasteiger charge is -2.05. The third-order valence-electron chi connectivity index (χ3n) is 4.21. The molecule has 26 heavy (non-hydrogen) atoms. The second-order valence-electron chi connectivity index (χ2n) is 6.25. The molecular weight excluding hydrogens is 344 g/mol. The van der Waals surface area contributed by atoms with Crippen LogP contribution in [0, 0.1) is 13.8 Å². The average Bonchev–Trinajstić information content (AvgIpc) is 3.08. The van der Waals surface area contributed by atoms with Gasteiger partial charge in [0.25, 0.3) is 0 Å². The van der Waals surface area contributed by atoms with Crippen LogP contribution < -0.4 is 10.1 Å². The van der Waals surface area contributed by atoms with Crippen LogP contribution in [0.15, 0.2) is 47.8 Å². The minimum atomic E-state index is -0.0256. The summed E-state index contributed by atoms with van der Waals surface area (Å²) in [6.07, 6.45) is 1.11. The van der Waals surface area contributed by atoms with Crippen molar-refractivity contribution < 1.29 is 9.53 Å². The molecule has 1 heterocycles. The Morgan fingerprint density at radius 3 is 2.62 bits per heavy atom. The highest BCUT2D eigenvalue weighted by molar-refractivity contribution is 7.14. The molecule has 134 valence electrons. The molecule has 0 radical (unpaired) electrons. The molecule has 0 aliphatic heterocycles. The first-order valence-corrected chi connectivity index (χ1v) is 9.39. The van der Waals surface area contributed by atoms with E-state index in [2.05, 4.69) is 42.3 Å². The van der Waals surface area contributed by atoms with Crippen molar-refractivity contribution in [1.29, 1.82) is 0 Å². The second-order valence-corrected chi connectivity index (χ2v) is 7.11. The van der Waals surface area contributed by atoms with E-state index < -0.39 is 0 Å². The van der Waals surface area contributed by atoms with E-state index in [1.165, 1.54) is 22.5 Å². The third kappa shape index (κ3) is 4.49. The summed E-state index contributed by atoms with van der Waals surface area (Å²) < 4.78 is 5.14. The molecule has 1 N–H and O–H groups in total. The van der Waals surface area contributed by atoms with Crippen molar-refractivity contribution in [2.24, 2.45) is 0 Å². The van der Waals surface area contributed by atoms with Crippen molar-refractivity contribution in [3.8, 4) is 17.0 Å². The number of carbonyl (C=O) groups is 1. The first-order chi connectivity index (χ1) is 12.5. The Morgan fingerprint density at radius 1 is 1.15 bits per heavy atom. The molecule has 0 fully saturated rings. The number of rotatable bonds is 6. The van der Waals surface area contributed by atoms with Crippen LogP contribution in [0.5, 0.6) is 5.75 Å². The minimum Gasteiger partial charge on any atom is -0.497 e. The molecule has 2 aromatic carbocycles. The molecule has 1 amide bonds. The standard InChI is InChI=1S/C21H22N2O2S/c1-14-4-10-18(15(2)12-14)19-13-26-21(22-19)23-20(24)11-7-16-5-8-17(25-3)9-6-16/h4-6,8-10,12-13H,7,11H2,1-3H3,(H,22,23,24). The van der Waals surface area contributed by atoms with Crippen molar-refractivity contribution in [2.75, 3.05) is 12.4 Å². The lowest BCUT2D eigenvalue weighted by atomic mass is 10.0. The Bertz CT molecular complexity index is 901. The van der Waals surface area contributed by atoms with Gasteiger partial charge in [-0.15, -0.1) is 11.3 Å². The lowest BCUT2D eigenvalue weighted by molar-refractivity contribution is -0.116. The zero-order valence-electron chi connectivity index (χ0n) is 15.2. The number of thiazole rings is 1. The van der Waals surface area contributed by atoms with Crippen molar-refractivity contribution in [1.82, 2.24) is 4.98 Å². The van der Waals surface area contributed by atoms with Crippen LogP contribution in [0.25, 0.3) is 11.3 Å². The van der Waals surface area contributed by atoms with E-state index in [1.54, 1.807) is 7.11 Å². The van der Waals surface area contributed by atoms with Crippen LogP contribution in [0.1, 0.15) is 23.1 Å². The van der Waals surface area contributed by atoms with Crippen molar-refractivity contribution in [3.63, 3.8) is 0 Å². The summed E-state index contributed by atoms with van der Waals surface area (Å²) in [5, 5.41) is 5.52. The largest absolute Gasteiger partial charge is 0.497 e. The number of hydrogen-bond acceptors (Lipinski definition) is 4. The number of aromatic nitrogens is 1. The number of nitrogens with zero attached hydrogens (tertiary/aromatic N) is 1. The van der Waals surface area contributed by atoms with Crippen molar-refractivity contribution in [3.05, 3.63) is 64.5 Å². The Labute approximate surface area is 157 Å². The number of amides is 1. The SMILES string of the molecule is COc1ccc(CCC(=O)Nc2nc(-c3ccc(C)cc3C)cs2)cc1. The fourth-order valence-corrected chi connectivity index (χ4v) is 3.51. The Kier molecular flexibility index (Phi) is 5.68. The van der Waals surface area contributed by atoms with Crippen LogP contribution in [-0.2, 0) is 11.2 Å². The smallest absolute Gasteiger partial charge is 0.226 e. The molecule has 0 bridgehead atoms. The molecule has 0 atom stereocenters. The predicted octanol–water partition coefficient (Wildman–Crippen LogP) is 5.01. The van der Waals surface area contributed by atoms with Gasteiger partial charge in [-0.25, -0.2) is 4.98 Å². The maximum Gasteiger partial charge on any atom is 0.226 e. The fourth-order valence-electron chi connectivity index (χ4n) is 2.79. The van der Waals surface area contributed by atoms with E-state index in [4.69, 9.17) is 4.74 Å². The maximum absolute atomic E-state index is 12.2. The zero-order valence-corrected chi connectivity index (χ0v) is 16.0. The molecule has 0 spiro atoms. The highest BCUT2D eigenvalue weighted by Crippen LogP contribution is 2.28.